The van der Waals surface area contributed by atoms with Crippen LogP contribution in [-0.2, 0) is 4.79 Å². The summed E-state index contributed by atoms with van der Waals surface area (Å²) in [7, 11) is 4.70. The van der Waals surface area contributed by atoms with E-state index in [1.54, 1.807) is 39.7 Å². The Morgan fingerprint density at radius 1 is 1.16 bits per heavy atom. The summed E-state index contributed by atoms with van der Waals surface area (Å²) in [6.45, 7) is 1.48. The summed E-state index contributed by atoms with van der Waals surface area (Å²) in [4.78, 5) is 12.1. The predicted octanol–water partition coefficient (Wildman–Crippen LogP) is 3.00. The molecule has 1 aliphatic heterocycles. The summed E-state index contributed by atoms with van der Waals surface area (Å²) >= 11 is 0. The molecule has 0 aliphatic carbocycles. The maximum absolute atomic E-state index is 12.1. The molecule has 25 heavy (non-hydrogen) atoms. The molecule has 0 bridgehead atoms. The summed E-state index contributed by atoms with van der Waals surface area (Å²) in [5.74, 6) is 2.21. The zero-order valence-corrected chi connectivity index (χ0v) is 14.6. The number of carbonyl (C=O) groups excluding carboxylic acids is 1. The first kappa shape index (κ1) is 16.9. The van der Waals surface area contributed by atoms with Gasteiger partial charge in [0.1, 0.15) is 17.2 Å². The third kappa shape index (κ3) is 3.05. The van der Waals surface area contributed by atoms with Gasteiger partial charge in [-0.25, -0.2) is 5.01 Å². The molecule has 1 aliphatic rings. The molecule has 1 atom stereocenters. The zero-order chi connectivity index (χ0) is 18.0. The zero-order valence-electron chi connectivity index (χ0n) is 14.6. The molecule has 1 aromatic carbocycles. The van der Waals surface area contributed by atoms with E-state index in [0.717, 1.165) is 5.56 Å². The highest BCUT2D eigenvalue weighted by atomic mass is 16.5. The van der Waals surface area contributed by atoms with Crippen molar-refractivity contribution in [3.63, 3.8) is 0 Å². The molecule has 2 aromatic rings. The van der Waals surface area contributed by atoms with Gasteiger partial charge in [-0.2, -0.15) is 5.10 Å². The van der Waals surface area contributed by atoms with Gasteiger partial charge in [0.2, 0.25) is 5.91 Å². The summed E-state index contributed by atoms with van der Waals surface area (Å²) in [5, 5.41) is 5.89. The second kappa shape index (κ2) is 6.88. The van der Waals surface area contributed by atoms with Crippen LogP contribution in [0.2, 0.25) is 0 Å². The number of ether oxygens (including phenoxy) is 3. The molecular weight excluding hydrogens is 324 g/mol. The quantitative estimate of drug-likeness (QED) is 0.834. The summed E-state index contributed by atoms with van der Waals surface area (Å²) in [5.41, 5.74) is 1.50. The van der Waals surface area contributed by atoms with Gasteiger partial charge in [-0.15, -0.1) is 0 Å². The molecule has 2 heterocycles. The molecule has 1 amide bonds. The fourth-order valence-corrected chi connectivity index (χ4v) is 2.95. The number of hydrazone groups is 1. The number of furan rings is 1. The van der Waals surface area contributed by atoms with Crippen molar-refractivity contribution >= 4 is 11.6 Å². The molecule has 7 nitrogen and oxygen atoms in total. The van der Waals surface area contributed by atoms with Gasteiger partial charge in [0.05, 0.1) is 33.6 Å². The van der Waals surface area contributed by atoms with Crippen LogP contribution in [-0.4, -0.2) is 38.0 Å². The van der Waals surface area contributed by atoms with E-state index in [2.05, 4.69) is 5.10 Å². The van der Waals surface area contributed by atoms with Gasteiger partial charge in [0.25, 0.3) is 0 Å². The van der Waals surface area contributed by atoms with E-state index >= 15 is 0 Å². The number of amides is 1. The normalized spacial score (nSPS) is 16.6. The lowest BCUT2D eigenvalue weighted by molar-refractivity contribution is -0.130. The van der Waals surface area contributed by atoms with Crippen LogP contribution in [0.15, 0.2) is 40.0 Å². The highest BCUT2D eigenvalue weighted by Gasteiger charge is 2.35. The first-order chi connectivity index (χ1) is 12.1. The first-order valence-corrected chi connectivity index (χ1v) is 7.80. The van der Waals surface area contributed by atoms with Gasteiger partial charge in [-0.1, -0.05) is 0 Å². The van der Waals surface area contributed by atoms with Crippen LogP contribution in [0, 0.1) is 0 Å². The van der Waals surface area contributed by atoms with Crippen molar-refractivity contribution in [1.29, 1.82) is 0 Å². The van der Waals surface area contributed by atoms with Gasteiger partial charge < -0.3 is 18.6 Å². The van der Waals surface area contributed by atoms with E-state index in [1.165, 1.54) is 11.9 Å². The predicted molar refractivity (Wildman–Crippen MR) is 91.2 cm³/mol. The standard InChI is InChI=1S/C18H20N2O5/c1-11(21)20-14(9-13(19-20)15-6-5-7-25-15)12-8-17(23-3)18(24-4)10-16(12)22-2/h5-8,10,14H,9H2,1-4H3. The Morgan fingerprint density at radius 2 is 1.84 bits per heavy atom. The minimum absolute atomic E-state index is 0.164. The largest absolute Gasteiger partial charge is 0.496 e. The maximum Gasteiger partial charge on any atom is 0.240 e. The van der Waals surface area contributed by atoms with Crippen LogP contribution in [0.5, 0.6) is 17.2 Å². The molecule has 132 valence electrons. The van der Waals surface area contributed by atoms with E-state index in [1.807, 2.05) is 12.1 Å². The minimum atomic E-state index is -0.313. The van der Waals surface area contributed by atoms with E-state index in [4.69, 9.17) is 18.6 Å². The first-order valence-electron chi connectivity index (χ1n) is 7.80. The Hall–Kier alpha value is -2.96. The topological polar surface area (TPSA) is 73.5 Å². The summed E-state index contributed by atoms with van der Waals surface area (Å²) in [6, 6.07) is 6.87. The molecule has 1 aromatic heterocycles. The van der Waals surface area contributed by atoms with E-state index in [0.29, 0.717) is 35.1 Å². The van der Waals surface area contributed by atoms with Crippen molar-refractivity contribution in [2.45, 2.75) is 19.4 Å². The van der Waals surface area contributed by atoms with Crippen LogP contribution in [0.1, 0.15) is 30.7 Å². The molecule has 3 rings (SSSR count). The van der Waals surface area contributed by atoms with Crippen molar-refractivity contribution in [3.8, 4) is 17.2 Å². The second-order valence-corrected chi connectivity index (χ2v) is 5.56. The van der Waals surface area contributed by atoms with Crippen LogP contribution < -0.4 is 14.2 Å². The lowest BCUT2D eigenvalue weighted by atomic mass is 9.99. The average molecular weight is 344 g/mol. The number of rotatable bonds is 5. The highest BCUT2D eigenvalue weighted by molar-refractivity contribution is 6.01. The van der Waals surface area contributed by atoms with Gasteiger partial charge >= 0.3 is 0 Å². The third-order valence-electron chi connectivity index (χ3n) is 4.13. The Kier molecular flexibility index (Phi) is 4.65. The fourth-order valence-electron chi connectivity index (χ4n) is 2.95. The lowest BCUT2D eigenvalue weighted by Crippen LogP contribution is -2.24. The average Bonchev–Trinajstić information content (AvgIpc) is 3.29. The number of methoxy groups -OCH3 is 3. The SMILES string of the molecule is COc1cc(OC)c(C2CC(c3ccco3)=NN2C(C)=O)cc1OC. The van der Waals surface area contributed by atoms with Crippen LogP contribution in [0.25, 0.3) is 0 Å². The number of hydrogen-bond acceptors (Lipinski definition) is 6. The maximum atomic E-state index is 12.1. The molecule has 7 heteroatoms. The molecular formula is C18H20N2O5. The van der Waals surface area contributed by atoms with Crippen LogP contribution in [0.4, 0.5) is 0 Å². The van der Waals surface area contributed by atoms with Gasteiger partial charge in [0, 0.05) is 25.0 Å². The second-order valence-electron chi connectivity index (χ2n) is 5.56. The molecule has 0 radical (unpaired) electrons. The summed E-state index contributed by atoms with van der Waals surface area (Å²) in [6.07, 6.45) is 2.10. The van der Waals surface area contributed by atoms with Crippen molar-refractivity contribution in [2.24, 2.45) is 5.10 Å². The number of benzene rings is 1. The molecule has 1 unspecified atom stereocenters. The minimum Gasteiger partial charge on any atom is -0.496 e. The van der Waals surface area contributed by atoms with Crippen molar-refractivity contribution in [3.05, 3.63) is 41.9 Å². The van der Waals surface area contributed by atoms with E-state index < -0.39 is 0 Å². The van der Waals surface area contributed by atoms with Crippen LogP contribution in [0.3, 0.4) is 0 Å². The van der Waals surface area contributed by atoms with Gasteiger partial charge in [-0.3, -0.25) is 4.79 Å². The fraction of sp³-hybridized carbons (Fsp3) is 0.333. The van der Waals surface area contributed by atoms with Gasteiger partial charge in [0.15, 0.2) is 11.5 Å². The molecule has 0 fully saturated rings. The molecule has 0 saturated heterocycles. The number of carbonyl (C=O) groups is 1. The van der Waals surface area contributed by atoms with E-state index in [9.17, 15) is 4.79 Å². The van der Waals surface area contributed by atoms with Crippen molar-refractivity contribution < 1.29 is 23.4 Å². The Bertz CT molecular complexity index is 798. The van der Waals surface area contributed by atoms with Crippen molar-refractivity contribution in [1.82, 2.24) is 5.01 Å². The molecule has 0 spiro atoms. The Balaban J connectivity index is 2.04. The molecule has 0 N–H and O–H groups in total. The van der Waals surface area contributed by atoms with E-state index in [-0.39, 0.29) is 11.9 Å². The van der Waals surface area contributed by atoms with Gasteiger partial charge in [-0.05, 0) is 18.2 Å². The smallest absolute Gasteiger partial charge is 0.240 e. The Morgan fingerprint density at radius 3 is 2.40 bits per heavy atom. The monoisotopic (exact) mass is 344 g/mol. The Labute approximate surface area is 145 Å². The number of hydrogen-bond donors (Lipinski definition) is 0. The van der Waals surface area contributed by atoms with Crippen LogP contribution >= 0.6 is 0 Å². The highest BCUT2D eigenvalue weighted by Crippen LogP contribution is 2.42. The molecule has 0 saturated carbocycles. The number of nitrogens with zero attached hydrogens (tertiary/aromatic N) is 2. The van der Waals surface area contributed by atoms with Crippen molar-refractivity contribution in [2.75, 3.05) is 21.3 Å². The third-order valence-corrected chi connectivity index (χ3v) is 4.13. The summed E-state index contributed by atoms with van der Waals surface area (Å²) < 4.78 is 21.6. The lowest BCUT2D eigenvalue weighted by Gasteiger charge is -2.23.